The van der Waals surface area contributed by atoms with Gasteiger partial charge in [-0.1, -0.05) is 19.4 Å². The summed E-state index contributed by atoms with van der Waals surface area (Å²) in [6.45, 7) is 2.19. The third-order valence-corrected chi connectivity index (χ3v) is 5.30. The molecule has 1 saturated carbocycles. The van der Waals surface area contributed by atoms with Gasteiger partial charge >= 0.3 is 0 Å². The van der Waals surface area contributed by atoms with Crippen molar-refractivity contribution >= 4 is 29.0 Å². The molecule has 0 aliphatic heterocycles. The van der Waals surface area contributed by atoms with Crippen LogP contribution in [-0.4, -0.2) is 23.0 Å². The molecule has 1 heterocycles. The second-order valence-corrected chi connectivity index (χ2v) is 6.90. The van der Waals surface area contributed by atoms with Gasteiger partial charge in [0.15, 0.2) is 0 Å². The van der Waals surface area contributed by atoms with Crippen LogP contribution in [0.15, 0.2) is 17.5 Å². The summed E-state index contributed by atoms with van der Waals surface area (Å²) in [5, 5.41) is 5.85. The van der Waals surface area contributed by atoms with Crippen molar-refractivity contribution in [2.75, 3.05) is 5.75 Å². The maximum Gasteiger partial charge on any atom is 0.225 e. The molecule has 1 N–H and O–H groups in total. The highest BCUT2D eigenvalue weighted by Crippen LogP contribution is 2.29. The lowest BCUT2D eigenvalue weighted by molar-refractivity contribution is -0.121. The van der Waals surface area contributed by atoms with Crippen LogP contribution in [0.2, 0.25) is 0 Å². The molecule has 1 aliphatic rings. The van der Waals surface area contributed by atoms with Gasteiger partial charge in [0, 0.05) is 16.2 Å². The predicted octanol–water partition coefficient (Wildman–Crippen LogP) is 3.08. The number of thioether (sulfide) groups is 1. The monoisotopic (exact) mass is 269 g/mol. The van der Waals surface area contributed by atoms with E-state index in [-0.39, 0.29) is 5.91 Å². The summed E-state index contributed by atoms with van der Waals surface area (Å²) in [5.74, 6) is 1.32. The zero-order valence-electron chi connectivity index (χ0n) is 10.1. The van der Waals surface area contributed by atoms with E-state index in [1.165, 1.54) is 12.8 Å². The van der Waals surface area contributed by atoms with Crippen LogP contribution < -0.4 is 5.32 Å². The SMILES string of the molecule is CCSC1CCCC1NC(=O)Cc1cccs1. The van der Waals surface area contributed by atoms with Gasteiger partial charge in [0.05, 0.1) is 6.42 Å². The standard InChI is InChI=1S/C13H19NOS2/c1-2-16-12-7-3-6-11(12)14-13(15)9-10-5-4-8-17-10/h4-5,8,11-12H,2-3,6-7,9H2,1H3,(H,14,15). The molecule has 1 amide bonds. The molecule has 0 aromatic carbocycles. The van der Waals surface area contributed by atoms with Gasteiger partial charge < -0.3 is 5.32 Å². The van der Waals surface area contributed by atoms with Gasteiger partial charge in [0.25, 0.3) is 0 Å². The average molecular weight is 269 g/mol. The van der Waals surface area contributed by atoms with Gasteiger partial charge in [0.2, 0.25) is 5.91 Å². The van der Waals surface area contributed by atoms with Crippen LogP contribution in [0.5, 0.6) is 0 Å². The summed E-state index contributed by atoms with van der Waals surface area (Å²) in [5.41, 5.74) is 0. The Morgan fingerprint density at radius 2 is 2.47 bits per heavy atom. The minimum Gasteiger partial charge on any atom is -0.352 e. The number of carbonyl (C=O) groups is 1. The molecule has 94 valence electrons. The van der Waals surface area contributed by atoms with Gasteiger partial charge in [-0.2, -0.15) is 11.8 Å². The fourth-order valence-corrected chi connectivity index (χ4v) is 4.24. The third-order valence-electron chi connectivity index (χ3n) is 3.09. The van der Waals surface area contributed by atoms with Gasteiger partial charge in [-0.05, 0) is 30.0 Å². The first-order chi connectivity index (χ1) is 8.29. The first kappa shape index (κ1) is 13.0. The van der Waals surface area contributed by atoms with Gasteiger partial charge in [-0.25, -0.2) is 0 Å². The minimum atomic E-state index is 0.182. The Hall–Kier alpha value is -0.480. The van der Waals surface area contributed by atoms with Gasteiger partial charge in [-0.15, -0.1) is 11.3 Å². The number of carbonyl (C=O) groups excluding carboxylic acids is 1. The van der Waals surface area contributed by atoms with E-state index in [0.717, 1.165) is 17.1 Å². The summed E-state index contributed by atoms with van der Waals surface area (Å²) in [7, 11) is 0. The van der Waals surface area contributed by atoms with Crippen molar-refractivity contribution in [1.29, 1.82) is 0 Å². The normalized spacial score (nSPS) is 23.8. The number of nitrogens with one attached hydrogen (secondary N) is 1. The van der Waals surface area contributed by atoms with Gasteiger partial charge in [0.1, 0.15) is 0 Å². The molecule has 1 aliphatic carbocycles. The maximum atomic E-state index is 11.9. The molecule has 2 rings (SSSR count). The number of hydrogen-bond donors (Lipinski definition) is 1. The first-order valence-electron chi connectivity index (χ1n) is 6.23. The number of rotatable bonds is 5. The van der Waals surface area contributed by atoms with Crippen LogP contribution in [-0.2, 0) is 11.2 Å². The second kappa shape index (κ2) is 6.45. The van der Waals surface area contributed by atoms with Crippen molar-refractivity contribution in [3.63, 3.8) is 0 Å². The summed E-state index contributed by atoms with van der Waals surface area (Å²) in [6.07, 6.45) is 4.19. The van der Waals surface area contributed by atoms with E-state index in [9.17, 15) is 4.79 Å². The molecule has 2 unspecified atom stereocenters. The summed E-state index contributed by atoms with van der Waals surface area (Å²) < 4.78 is 0. The van der Waals surface area contributed by atoms with Crippen LogP contribution in [0.4, 0.5) is 0 Å². The van der Waals surface area contributed by atoms with Crippen LogP contribution in [0.1, 0.15) is 31.1 Å². The number of thiophene rings is 1. The molecule has 2 nitrogen and oxygen atoms in total. The molecule has 1 fully saturated rings. The molecular formula is C13H19NOS2. The lowest BCUT2D eigenvalue weighted by Crippen LogP contribution is -2.39. The maximum absolute atomic E-state index is 11.9. The molecule has 4 heteroatoms. The Balaban J connectivity index is 1.81. The molecule has 17 heavy (non-hydrogen) atoms. The molecule has 1 aromatic heterocycles. The van der Waals surface area contributed by atoms with Crippen LogP contribution >= 0.6 is 23.1 Å². The molecule has 2 atom stereocenters. The number of hydrogen-bond acceptors (Lipinski definition) is 3. The van der Waals surface area contributed by atoms with Crippen molar-refractivity contribution in [3.05, 3.63) is 22.4 Å². The van der Waals surface area contributed by atoms with E-state index < -0.39 is 0 Å². The Morgan fingerprint density at radius 1 is 1.59 bits per heavy atom. The Bertz CT molecular complexity index is 350. The summed E-state index contributed by atoms with van der Waals surface area (Å²) in [4.78, 5) is 13.1. The van der Waals surface area contributed by atoms with Crippen molar-refractivity contribution in [2.24, 2.45) is 0 Å². The smallest absolute Gasteiger partial charge is 0.225 e. The highest BCUT2D eigenvalue weighted by molar-refractivity contribution is 7.99. The predicted molar refractivity (Wildman–Crippen MR) is 75.7 cm³/mol. The van der Waals surface area contributed by atoms with Crippen molar-refractivity contribution < 1.29 is 4.79 Å². The minimum absolute atomic E-state index is 0.182. The summed E-state index contributed by atoms with van der Waals surface area (Å²) in [6, 6.07) is 4.42. The van der Waals surface area contributed by atoms with E-state index in [4.69, 9.17) is 0 Å². The zero-order chi connectivity index (χ0) is 12.1. The Labute approximate surface area is 111 Å². The van der Waals surface area contributed by atoms with Crippen molar-refractivity contribution in [1.82, 2.24) is 5.32 Å². The van der Waals surface area contributed by atoms with Gasteiger partial charge in [-0.3, -0.25) is 4.79 Å². The molecule has 0 radical (unpaired) electrons. The third kappa shape index (κ3) is 3.75. The van der Waals surface area contributed by atoms with E-state index >= 15 is 0 Å². The lowest BCUT2D eigenvalue weighted by atomic mass is 10.2. The summed E-state index contributed by atoms with van der Waals surface area (Å²) >= 11 is 3.64. The fourth-order valence-electron chi connectivity index (χ4n) is 2.33. The van der Waals surface area contributed by atoms with E-state index in [1.807, 2.05) is 29.3 Å². The number of amides is 1. The molecular weight excluding hydrogens is 250 g/mol. The highest BCUT2D eigenvalue weighted by atomic mass is 32.2. The molecule has 0 saturated heterocycles. The highest BCUT2D eigenvalue weighted by Gasteiger charge is 2.28. The molecule has 0 bridgehead atoms. The zero-order valence-corrected chi connectivity index (χ0v) is 11.8. The van der Waals surface area contributed by atoms with E-state index in [2.05, 4.69) is 12.2 Å². The molecule has 1 aromatic rings. The average Bonchev–Trinajstić information content (AvgIpc) is 2.92. The van der Waals surface area contributed by atoms with Crippen LogP contribution in [0.3, 0.4) is 0 Å². The van der Waals surface area contributed by atoms with E-state index in [0.29, 0.717) is 17.7 Å². The Kier molecular flexibility index (Phi) is 4.92. The largest absolute Gasteiger partial charge is 0.352 e. The first-order valence-corrected chi connectivity index (χ1v) is 8.15. The van der Waals surface area contributed by atoms with Crippen molar-refractivity contribution in [2.45, 2.75) is 43.9 Å². The van der Waals surface area contributed by atoms with Crippen molar-refractivity contribution in [3.8, 4) is 0 Å². The Morgan fingerprint density at radius 3 is 3.18 bits per heavy atom. The van der Waals surface area contributed by atoms with Crippen LogP contribution in [0, 0.1) is 0 Å². The lowest BCUT2D eigenvalue weighted by Gasteiger charge is -2.19. The fraction of sp³-hybridized carbons (Fsp3) is 0.615. The quantitative estimate of drug-likeness (QED) is 0.890. The van der Waals surface area contributed by atoms with E-state index in [1.54, 1.807) is 11.3 Å². The molecule has 0 spiro atoms. The second-order valence-electron chi connectivity index (χ2n) is 4.35. The van der Waals surface area contributed by atoms with Crippen LogP contribution in [0.25, 0.3) is 0 Å². The topological polar surface area (TPSA) is 29.1 Å².